The van der Waals surface area contributed by atoms with Crippen molar-refractivity contribution >= 4 is 17.6 Å². The molecule has 0 fully saturated rings. The van der Waals surface area contributed by atoms with E-state index >= 15 is 0 Å². The van der Waals surface area contributed by atoms with Gasteiger partial charge in [0, 0.05) is 31.4 Å². The van der Waals surface area contributed by atoms with Gasteiger partial charge in [-0.1, -0.05) is 12.1 Å². The second-order valence-electron chi connectivity index (χ2n) is 4.56. The molecule has 0 radical (unpaired) electrons. The molecule has 120 valence electrons. The van der Waals surface area contributed by atoms with E-state index in [9.17, 15) is 19.7 Å². The topological polar surface area (TPSA) is 95.7 Å². The van der Waals surface area contributed by atoms with Gasteiger partial charge >= 0.3 is 11.9 Å². The lowest BCUT2D eigenvalue weighted by Gasteiger charge is -2.05. The second kappa shape index (κ2) is 9.49. The van der Waals surface area contributed by atoms with Crippen molar-refractivity contribution in [1.82, 2.24) is 0 Å². The van der Waals surface area contributed by atoms with Gasteiger partial charge in [-0.2, -0.15) is 0 Å². The quantitative estimate of drug-likeness (QED) is 0.395. The van der Waals surface area contributed by atoms with E-state index in [2.05, 4.69) is 0 Å². The number of ether oxygens (including phenoxy) is 2. The van der Waals surface area contributed by atoms with Crippen LogP contribution in [0.25, 0.3) is 0 Å². The molecule has 0 aliphatic heterocycles. The number of carbonyl (C=O) groups excluding carboxylic acids is 2. The minimum Gasteiger partial charge on any atom is -0.466 e. The van der Waals surface area contributed by atoms with Gasteiger partial charge in [-0.05, 0) is 18.9 Å². The number of hydrogen-bond acceptors (Lipinski definition) is 6. The van der Waals surface area contributed by atoms with Crippen molar-refractivity contribution in [1.29, 1.82) is 0 Å². The molecular weight excluding hydrogens is 290 g/mol. The smallest absolute Gasteiger partial charge is 0.305 e. The van der Waals surface area contributed by atoms with E-state index in [-0.39, 0.29) is 31.1 Å². The zero-order chi connectivity index (χ0) is 16.4. The third-order valence-corrected chi connectivity index (χ3v) is 2.84. The average Bonchev–Trinajstić information content (AvgIpc) is 2.48. The number of non-ortho nitro benzene ring substituents is 1. The van der Waals surface area contributed by atoms with Crippen molar-refractivity contribution in [3.8, 4) is 0 Å². The third kappa shape index (κ3) is 6.83. The predicted octanol–water partition coefficient (Wildman–Crippen LogP) is 2.41. The van der Waals surface area contributed by atoms with E-state index in [1.807, 2.05) is 0 Å². The zero-order valence-corrected chi connectivity index (χ0v) is 12.4. The summed E-state index contributed by atoms with van der Waals surface area (Å²) in [6.45, 7) is 2.20. The maximum Gasteiger partial charge on any atom is 0.305 e. The number of benzene rings is 1. The number of rotatable bonds is 9. The first-order valence-electron chi connectivity index (χ1n) is 7.07. The van der Waals surface area contributed by atoms with Crippen LogP contribution < -0.4 is 0 Å². The summed E-state index contributed by atoms with van der Waals surface area (Å²) in [5.74, 6) is -0.721. The Morgan fingerprint density at radius 2 is 1.86 bits per heavy atom. The van der Waals surface area contributed by atoms with Gasteiger partial charge < -0.3 is 9.47 Å². The molecule has 22 heavy (non-hydrogen) atoms. The second-order valence-corrected chi connectivity index (χ2v) is 4.56. The number of nitro benzene ring substituents is 1. The Morgan fingerprint density at radius 3 is 2.50 bits per heavy atom. The number of nitrogens with zero attached hydrogens (tertiary/aromatic N) is 1. The Morgan fingerprint density at radius 1 is 1.18 bits per heavy atom. The largest absolute Gasteiger partial charge is 0.466 e. The molecule has 0 aliphatic carbocycles. The SMILES string of the molecule is CCOC(=O)CCCC(=O)OCCc1cccc([N+](=O)[O-])c1. The third-order valence-electron chi connectivity index (χ3n) is 2.84. The van der Waals surface area contributed by atoms with Gasteiger partial charge in [-0.25, -0.2) is 0 Å². The molecular formula is C15H19NO6. The van der Waals surface area contributed by atoms with Gasteiger partial charge in [-0.15, -0.1) is 0 Å². The molecule has 0 saturated heterocycles. The van der Waals surface area contributed by atoms with Crippen LogP contribution in [0.15, 0.2) is 24.3 Å². The Balaban J connectivity index is 2.23. The predicted molar refractivity (Wildman–Crippen MR) is 78.2 cm³/mol. The lowest BCUT2D eigenvalue weighted by molar-refractivity contribution is -0.384. The summed E-state index contributed by atoms with van der Waals surface area (Å²) in [5, 5.41) is 10.6. The van der Waals surface area contributed by atoms with Crippen LogP contribution in [0.2, 0.25) is 0 Å². The molecule has 0 saturated carbocycles. The Bertz CT molecular complexity index is 529. The van der Waals surface area contributed by atoms with E-state index in [1.165, 1.54) is 12.1 Å². The summed E-state index contributed by atoms with van der Waals surface area (Å²) in [7, 11) is 0. The molecule has 1 aromatic carbocycles. The molecule has 0 N–H and O–H groups in total. The van der Waals surface area contributed by atoms with Crippen LogP contribution in [0, 0.1) is 10.1 Å². The van der Waals surface area contributed by atoms with Gasteiger partial charge in [-0.3, -0.25) is 19.7 Å². The highest BCUT2D eigenvalue weighted by atomic mass is 16.6. The molecule has 0 aliphatic rings. The summed E-state index contributed by atoms with van der Waals surface area (Å²) in [4.78, 5) is 32.7. The first kappa shape index (κ1) is 17.6. The molecule has 1 aromatic rings. The van der Waals surface area contributed by atoms with Crippen LogP contribution in [-0.2, 0) is 25.5 Å². The normalized spacial score (nSPS) is 10.0. The maximum absolute atomic E-state index is 11.5. The Kier molecular flexibility index (Phi) is 7.60. The fourth-order valence-electron chi connectivity index (χ4n) is 1.79. The van der Waals surface area contributed by atoms with E-state index in [4.69, 9.17) is 9.47 Å². The van der Waals surface area contributed by atoms with Crippen LogP contribution in [0.4, 0.5) is 5.69 Å². The van der Waals surface area contributed by atoms with Crippen LogP contribution >= 0.6 is 0 Å². The standard InChI is InChI=1S/C15H19NO6/c1-2-21-14(17)7-4-8-15(18)22-10-9-12-5-3-6-13(11-12)16(19)20/h3,5-6,11H,2,4,7-10H2,1H3. The van der Waals surface area contributed by atoms with Crippen molar-refractivity contribution in [2.45, 2.75) is 32.6 Å². The highest BCUT2D eigenvalue weighted by Crippen LogP contribution is 2.13. The highest BCUT2D eigenvalue weighted by Gasteiger charge is 2.08. The monoisotopic (exact) mass is 309 g/mol. The van der Waals surface area contributed by atoms with Crippen LogP contribution in [0.1, 0.15) is 31.7 Å². The molecule has 0 amide bonds. The van der Waals surface area contributed by atoms with Gasteiger partial charge in [0.25, 0.3) is 5.69 Å². The lowest BCUT2D eigenvalue weighted by Crippen LogP contribution is -2.09. The molecule has 7 heteroatoms. The van der Waals surface area contributed by atoms with E-state index < -0.39 is 10.9 Å². The Labute approximate surface area is 128 Å². The summed E-state index contributed by atoms with van der Waals surface area (Å²) in [6, 6.07) is 6.19. The summed E-state index contributed by atoms with van der Waals surface area (Å²) < 4.78 is 9.77. The van der Waals surface area contributed by atoms with Crippen molar-refractivity contribution in [2.75, 3.05) is 13.2 Å². The van der Waals surface area contributed by atoms with Crippen molar-refractivity contribution in [3.63, 3.8) is 0 Å². The zero-order valence-electron chi connectivity index (χ0n) is 12.4. The molecule has 0 atom stereocenters. The highest BCUT2D eigenvalue weighted by molar-refractivity contribution is 5.72. The molecule has 0 heterocycles. The van der Waals surface area contributed by atoms with Gasteiger partial charge in [0.2, 0.25) is 0 Å². The number of carbonyl (C=O) groups is 2. The van der Waals surface area contributed by atoms with Crippen LogP contribution in [-0.4, -0.2) is 30.1 Å². The fraction of sp³-hybridized carbons (Fsp3) is 0.467. The number of nitro groups is 1. The minimum atomic E-state index is -0.467. The van der Waals surface area contributed by atoms with Crippen molar-refractivity contribution < 1.29 is 24.0 Å². The van der Waals surface area contributed by atoms with E-state index in [0.29, 0.717) is 19.4 Å². The van der Waals surface area contributed by atoms with Gasteiger partial charge in [0.15, 0.2) is 0 Å². The van der Waals surface area contributed by atoms with Crippen molar-refractivity contribution in [2.24, 2.45) is 0 Å². The molecule has 0 bridgehead atoms. The van der Waals surface area contributed by atoms with E-state index in [0.717, 1.165) is 5.56 Å². The molecule has 0 spiro atoms. The van der Waals surface area contributed by atoms with E-state index in [1.54, 1.807) is 19.1 Å². The maximum atomic E-state index is 11.5. The minimum absolute atomic E-state index is 0.0123. The summed E-state index contributed by atoms with van der Waals surface area (Å²) in [6.07, 6.45) is 1.13. The Hall–Kier alpha value is -2.44. The number of hydrogen-bond donors (Lipinski definition) is 0. The molecule has 1 rings (SSSR count). The van der Waals surface area contributed by atoms with Gasteiger partial charge in [0.05, 0.1) is 18.1 Å². The van der Waals surface area contributed by atoms with Crippen molar-refractivity contribution in [3.05, 3.63) is 39.9 Å². The molecule has 0 aromatic heterocycles. The summed E-state index contributed by atoms with van der Waals surface area (Å²) in [5.41, 5.74) is 0.742. The van der Waals surface area contributed by atoms with Crippen LogP contribution in [0.5, 0.6) is 0 Å². The first-order chi connectivity index (χ1) is 10.5. The fourth-order valence-corrected chi connectivity index (χ4v) is 1.79. The molecule has 7 nitrogen and oxygen atoms in total. The lowest BCUT2D eigenvalue weighted by atomic mass is 10.1. The average molecular weight is 309 g/mol. The van der Waals surface area contributed by atoms with Gasteiger partial charge in [0.1, 0.15) is 0 Å². The first-order valence-corrected chi connectivity index (χ1v) is 7.07. The van der Waals surface area contributed by atoms with Crippen LogP contribution in [0.3, 0.4) is 0 Å². The summed E-state index contributed by atoms with van der Waals surface area (Å²) >= 11 is 0. The molecule has 0 unspecified atom stereocenters. The number of esters is 2.